The largest absolute Gasteiger partial charge is 0.481 e. The molecule has 0 saturated heterocycles. The van der Waals surface area contributed by atoms with Crippen LogP contribution in [0.1, 0.15) is 24.4 Å². The molecule has 104 valence electrons. The number of hydrazine groups is 1. The van der Waals surface area contributed by atoms with E-state index in [4.69, 9.17) is 22.2 Å². The summed E-state index contributed by atoms with van der Waals surface area (Å²) < 4.78 is 8.63. The second kappa shape index (κ2) is 5.60. The average Bonchev–Trinajstić information content (AvgIpc) is 2.95. The van der Waals surface area contributed by atoms with Gasteiger partial charge in [0.05, 0.1) is 29.7 Å². The lowest BCUT2D eigenvalue weighted by Gasteiger charge is -2.15. The van der Waals surface area contributed by atoms with Crippen molar-refractivity contribution in [3.05, 3.63) is 28.7 Å². The standard InChI is InChI=1S/C11H17ClN6O/c1-4-18-11(7(12)6-14-18)10(15-13)8-5-9(19-3)17(2)16-8/h5-6,10,15H,4,13H2,1-3H3. The van der Waals surface area contributed by atoms with E-state index in [2.05, 4.69) is 15.6 Å². The van der Waals surface area contributed by atoms with E-state index < -0.39 is 0 Å². The number of ether oxygens (including phenoxy) is 1. The van der Waals surface area contributed by atoms with E-state index in [1.807, 2.05) is 13.0 Å². The summed E-state index contributed by atoms with van der Waals surface area (Å²) in [7, 11) is 3.39. The van der Waals surface area contributed by atoms with Gasteiger partial charge in [0.25, 0.3) is 0 Å². The minimum atomic E-state index is -0.343. The van der Waals surface area contributed by atoms with Gasteiger partial charge in [0, 0.05) is 19.7 Å². The van der Waals surface area contributed by atoms with E-state index in [-0.39, 0.29) is 6.04 Å². The zero-order valence-electron chi connectivity index (χ0n) is 11.1. The Balaban J connectivity index is 2.46. The second-order valence-electron chi connectivity index (χ2n) is 4.03. The molecule has 0 aliphatic rings. The highest BCUT2D eigenvalue weighted by Crippen LogP contribution is 2.28. The summed E-state index contributed by atoms with van der Waals surface area (Å²) in [5, 5.41) is 9.13. The second-order valence-corrected chi connectivity index (χ2v) is 4.44. The number of halogens is 1. The first-order valence-corrected chi connectivity index (χ1v) is 6.25. The average molecular weight is 285 g/mol. The molecular formula is C11H17ClN6O. The van der Waals surface area contributed by atoms with Gasteiger partial charge in [-0.25, -0.2) is 10.1 Å². The molecule has 0 bridgehead atoms. The molecule has 0 fully saturated rings. The van der Waals surface area contributed by atoms with Crippen molar-refractivity contribution < 1.29 is 4.74 Å². The minimum absolute atomic E-state index is 0.343. The Kier molecular flexibility index (Phi) is 4.08. The van der Waals surface area contributed by atoms with Crippen molar-refractivity contribution in [3.63, 3.8) is 0 Å². The van der Waals surface area contributed by atoms with Crippen LogP contribution in [0.4, 0.5) is 0 Å². The van der Waals surface area contributed by atoms with Crippen LogP contribution in [0.25, 0.3) is 0 Å². The molecule has 1 unspecified atom stereocenters. The molecule has 0 saturated carbocycles. The van der Waals surface area contributed by atoms with Crippen molar-refractivity contribution >= 4 is 11.6 Å². The zero-order valence-corrected chi connectivity index (χ0v) is 11.8. The van der Waals surface area contributed by atoms with Gasteiger partial charge in [0.15, 0.2) is 0 Å². The number of nitrogens with one attached hydrogen (secondary N) is 1. The van der Waals surface area contributed by atoms with Crippen LogP contribution in [0, 0.1) is 0 Å². The van der Waals surface area contributed by atoms with Crippen molar-refractivity contribution in [2.75, 3.05) is 7.11 Å². The van der Waals surface area contributed by atoms with Crippen molar-refractivity contribution in [1.29, 1.82) is 0 Å². The van der Waals surface area contributed by atoms with E-state index in [9.17, 15) is 0 Å². The normalized spacial score (nSPS) is 12.7. The van der Waals surface area contributed by atoms with E-state index in [0.29, 0.717) is 17.4 Å². The number of aryl methyl sites for hydroxylation is 2. The number of rotatable bonds is 5. The molecule has 8 heteroatoms. The fraction of sp³-hybridized carbons (Fsp3) is 0.455. The molecule has 2 rings (SSSR count). The van der Waals surface area contributed by atoms with Crippen LogP contribution in [0.15, 0.2) is 12.3 Å². The summed E-state index contributed by atoms with van der Waals surface area (Å²) in [5.74, 6) is 6.30. The van der Waals surface area contributed by atoms with Gasteiger partial charge in [-0.15, -0.1) is 0 Å². The number of nitrogens with zero attached hydrogens (tertiary/aromatic N) is 4. The van der Waals surface area contributed by atoms with Gasteiger partial charge in [-0.3, -0.25) is 10.5 Å². The molecule has 19 heavy (non-hydrogen) atoms. The molecule has 0 amide bonds. The Morgan fingerprint density at radius 3 is 2.84 bits per heavy atom. The van der Waals surface area contributed by atoms with Gasteiger partial charge in [0.1, 0.15) is 6.04 Å². The zero-order chi connectivity index (χ0) is 14.0. The van der Waals surface area contributed by atoms with Crippen molar-refractivity contribution in [3.8, 4) is 5.88 Å². The highest BCUT2D eigenvalue weighted by Gasteiger charge is 2.24. The molecule has 0 aliphatic heterocycles. The van der Waals surface area contributed by atoms with Crippen molar-refractivity contribution in [2.45, 2.75) is 19.5 Å². The van der Waals surface area contributed by atoms with Gasteiger partial charge in [-0.1, -0.05) is 11.6 Å². The van der Waals surface area contributed by atoms with Gasteiger partial charge < -0.3 is 4.74 Å². The fourth-order valence-corrected chi connectivity index (χ4v) is 2.27. The maximum Gasteiger partial charge on any atom is 0.211 e. The molecule has 2 aromatic heterocycles. The highest BCUT2D eigenvalue weighted by molar-refractivity contribution is 6.31. The summed E-state index contributed by atoms with van der Waals surface area (Å²) in [6.45, 7) is 2.68. The van der Waals surface area contributed by atoms with Gasteiger partial charge >= 0.3 is 0 Å². The smallest absolute Gasteiger partial charge is 0.211 e. The summed E-state index contributed by atoms with van der Waals surface area (Å²) >= 11 is 6.18. The summed E-state index contributed by atoms with van der Waals surface area (Å²) in [6, 6.07) is 1.47. The molecule has 0 spiro atoms. The van der Waals surface area contributed by atoms with Crippen LogP contribution in [0.2, 0.25) is 5.02 Å². The lowest BCUT2D eigenvalue weighted by molar-refractivity contribution is 0.373. The molecular weight excluding hydrogens is 268 g/mol. The number of hydrogen-bond acceptors (Lipinski definition) is 5. The first kappa shape index (κ1) is 13.9. The monoisotopic (exact) mass is 284 g/mol. The van der Waals surface area contributed by atoms with Crippen LogP contribution < -0.4 is 16.0 Å². The Labute approximate surface area is 116 Å². The number of aromatic nitrogens is 4. The quantitative estimate of drug-likeness (QED) is 0.628. The van der Waals surface area contributed by atoms with E-state index in [1.165, 1.54) is 0 Å². The molecule has 1 atom stereocenters. The topological polar surface area (TPSA) is 82.9 Å². The summed E-state index contributed by atoms with van der Waals surface area (Å²) in [5.41, 5.74) is 4.23. The molecule has 0 radical (unpaired) electrons. The van der Waals surface area contributed by atoms with Gasteiger partial charge in [-0.2, -0.15) is 10.2 Å². The maximum absolute atomic E-state index is 6.18. The number of hydrogen-bond donors (Lipinski definition) is 2. The SMILES string of the molecule is CCn1ncc(Cl)c1C(NN)c1cc(OC)n(C)n1. The lowest BCUT2D eigenvalue weighted by atomic mass is 10.1. The Morgan fingerprint density at radius 1 is 1.58 bits per heavy atom. The minimum Gasteiger partial charge on any atom is -0.481 e. The predicted molar refractivity (Wildman–Crippen MR) is 71.8 cm³/mol. The summed E-state index contributed by atoms with van der Waals surface area (Å²) in [6.07, 6.45) is 1.60. The van der Waals surface area contributed by atoms with Gasteiger partial charge in [-0.05, 0) is 6.92 Å². The first-order chi connectivity index (χ1) is 9.12. The highest BCUT2D eigenvalue weighted by atomic mass is 35.5. The van der Waals surface area contributed by atoms with Crippen LogP contribution in [0.5, 0.6) is 5.88 Å². The molecule has 2 aromatic rings. The van der Waals surface area contributed by atoms with E-state index in [1.54, 1.807) is 29.7 Å². The predicted octanol–water partition coefficient (Wildman–Crippen LogP) is 0.851. The maximum atomic E-state index is 6.18. The van der Waals surface area contributed by atoms with Crippen molar-refractivity contribution in [2.24, 2.45) is 12.9 Å². The first-order valence-electron chi connectivity index (χ1n) is 5.87. The van der Waals surface area contributed by atoms with Crippen LogP contribution in [-0.4, -0.2) is 26.7 Å². The Bertz CT molecular complexity index is 564. The Hall–Kier alpha value is -1.57. The van der Waals surface area contributed by atoms with Crippen molar-refractivity contribution in [1.82, 2.24) is 25.0 Å². The Morgan fingerprint density at radius 2 is 2.32 bits per heavy atom. The third-order valence-corrected chi connectivity index (χ3v) is 3.22. The number of nitrogens with two attached hydrogens (primary N) is 1. The van der Waals surface area contributed by atoms with Crippen LogP contribution >= 0.6 is 11.6 Å². The molecule has 0 aliphatic carbocycles. The van der Waals surface area contributed by atoms with Crippen LogP contribution in [0.3, 0.4) is 0 Å². The molecule has 7 nitrogen and oxygen atoms in total. The van der Waals surface area contributed by atoms with Gasteiger partial charge in [0.2, 0.25) is 5.88 Å². The molecule has 2 heterocycles. The third-order valence-electron chi connectivity index (χ3n) is 2.93. The molecule has 3 N–H and O–H groups in total. The lowest BCUT2D eigenvalue weighted by Crippen LogP contribution is -2.31. The fourth-order valence-electron chi connectivity index (χ4n) is 2.02. The molecule has 0 aromatic carbocycles. The van der Waals surface area contributed by atoms with E-state index >= 15 is 0 Å². The number of methoxy groups -OCH3 is 1. The third kappa shape index (κ3) is 2.44. The van der Waals surface area contributed by atoms with Crippen LogP contribution in [-0.2, 0) is 13.6 Å². The van der Waals surface area contributed by atoms with E-state index in [0.717, 1.165) is 11.4 Å². The summed E-state index contributed by atoms with van der Waals surface area (Å²) in [4.78, 5) is 0.